The van der Waals surface area contributed by atoms with Gasteiger partial charge in [-0.1, -0.05) is 12.1 Å². The van der Waals surface area contributed by atoms with E-state index in [-0.39, 0.29) is 11.8 Å². The van der Waals surface area contributed by atoms with Crippen molar-refractivity contribution in [1.29, 1.82) is 0 Å². The van der Waals surface area contributed by atoms with Crippen LogP contribution in [-0.2, 0) is 20.7 Å². The van der Waals surface area contributed by atoms with Gasteiger partial charge in [0.25, 0.3) is 0 Å². The second-order valence-electron chi connectivity index (χ2n) is 5.63. The zero-order valence-electron chi connectivity index (χ0n) is 13.6. The molecular weight excluding hydrogens is 294 g/mol. The van der Waals surface area contributed by atoms with E-state index in [1.807, 2.05) is 12.1 Å². The molecule has 0 aromatic heterocycles. The summed E-state index contributed by atoms with van der Waals surface area (Å²) < 4.78 is 5.35. The van der Waals surface area contributed by atoms with Crippen molar-refractivity contribution in [3.05, 3.63) is 29.8 Å². The molecule has 0 aliphatic carbocycles. The molecule has 1 aromatic carbocycles. The van der Waals surface area contributed by atoms with Gasteiger partial charge in [-0.2, -0.15) is 0 Å². The summed E-state index contributed by atoms with van der Waals surface area (Å²) in [7, 11) is 0. The first-order chi connectivity index (χ1) is 11.1. The first kappa shape index (κ1) is 17.3. The summed E-state index contributed by atoms with van der Waals surface area (Å²) >= 11 is 0. The summed E-state index contributed by atoms with van der Waals surface area (Å²) in [4.78, 5) is 24.9. The third-order valence-electron chi connectivity index (χ3n) is 3.73. The molecule has 1 saturated heterocycles. The third-order valence-corrected chi connectivity index (χ3v) is 3.73. The lowest BCUT2D eigenvalue weighted by molar-refractivity contribution is -0.120. The second-order valence-corrected chi connectivity index (χ2v) is 5.63. The van der Waals surface area contributed by atoms with Crippen molar-refractivity contribution < 1.29 is 14.3 Å². The van der Waals surface area contributed by atoms with Crippen LogP contribution < -0.4 is 15.5 Å². The number of nitrogens with zero attached hydrogens (tertiary/aromatic N) is 1. The van der Waals surface area contributed by atoms with Crippen LogP contribution >= 0.6 is 0 Å². The Kier molecular flexibility index (Phi) is 6.87. The average Bonchev–Trinajstić information content (AvgIpc) is 2.56. The van der Waals surface area contributed by atoms with Crippen LogP contribution in [0.4, 0.5) is 5.69 Å². The second kappa shape index (κ2) is 9.15. The van der Waals surface area contributed by atoms with E-state index in [4.69, 9.17) is 4.74 Å². The molecule has 23 heavy (non-hydrogen) atoms. The van der Waals surface area contributed by atoms with Crippen molar-refractivity contribution in [3.63, 3.8) is 0 Å². The van der Waals surface area contributed by atoms with Crippen LogP contribution in [0.2, 0.25) is 0 Å². The Morgan fingerprint density at radius 3 is 2.39 bits per heavy atom. The Morgan fingerprint density at radius 2 is 1.74 bits per heavy atom. The van der Waals surface area contributed by atoms with Crippen LogP contribution in [0.15, 0.2) is 24.3 Å². The quantitative estimate of drug-likeness (QED) is 0.726. The Balaban J connectivity index is 1.70. The van der Waals surface area contributed by atoms with Gasteiger partial charge in [-0.05, 0) is 24.1 Å². The monoisotopic (exact) mass is 319 g/mol. The van der Waals surface area contributed by atoms with Crippen LogP contribution in [0, 0.1) is 0 Å². The van der Waals surface area contributed by atoms with Gasteiger partial charge in [0.1, 0.15) is 0 Å². The number of morpholine rings is 1. The number of benzene rings is 1. The lowest BCUT2D eigenvalue weighted by Crippen LogP contribution is -2.36. The molecule has 0 saturated carbocycles. The number of nitrogens with one attached hydrogen (secondary N) is 2. The first-order valence-electron chi connectivity index (χ1n) is 8.08. The van der Waals surface area contributed by atoms with Gasteiger partial charge in [0.2, 0.25) is 11.8 Å². The van der Waals surface area contributed by atoms with Gasteiger partial charge in [0.05, 0.1) is 19.6 Å². The molecule has 0 radical (unpaired) electrons. The van der Waals surface area contributed by atoms with Gasteiger partial charge in [0, 0.05) is 38.8 Å². The fourth-order valence-corrected chi connectivity index (χ4v) is 2.47. The van der Waals surface area contributed by atoms with Gasteiger partial charge < -0.3 is 20.3 Å². The molecule has 6 heteroatoms. The molecule has 0 unspecified atom stereocenters. The highest BCUT2D eigenvalue weighted by atomic mass is 16.5. The predicted octanol–water partition coefficient (Wildman–Crippen LogP) is 0.708. The summed E-state index contributed by atoms with van der Waals surface area (Å²) in [6.45, 7) is 6.00. The van der Waals surface area contributed by atoms with Crippen molar-refractivity contribution in [3.8, 4) is 0 Å². The molecule has 2 rings (SSSR count). The number of carbonyl (C=O) groups is 2. The first-order valence-corrected chi connectivity index (χ1v) is 8.08. The van der Waals surface area contributed by atoms with E-state index in [2.05, 4.69) is 27.7 Å². The van der Waals surface area contributed by atoms with Crippen LogP contribution in [0.3, 0.4) is 0 Å². The molecule has 2 amide bonds. The van der Waals surface area contributed by atoms with Gasteiger partial charge in [-0.25, -0.2) is 0 Å². The number of hydrogen-bond acceptors (Lipinski definition) is 4. The molecule has 1 aliphatic heterocycles. The fraction of sp³-hybridized carbons (Fsp3) is 0.529. The molecule has 0 atom stereocenters. The predicted molar refractivity (Wildman–Crippen MR) is 89.5 cm³/mol. The van der Waals surface area contributed by atoms with E-state index in [0.29, 0.717) is 19.5 Å². The molecule has 2 N–H and O–H groups in total. The lowest BCUT2D eigenvalue weighted by Gasteiger charge is -2.28. The minimum absolute atomic E-state index is 0.00643. The number of rotatable bonds is 7. The number of ether oxygens (including phenoxy) is 1. The SMILES string of the molecule is CC(=O)NCCCNC(=O)Cc1ccc(N2CCOCC2)cc1. The lowest BCUT2D eigenvalue weighted by atomic mass is 10.1. The summed E-state index contributed by atoms with van der Waals surface area (Å²) in [5.74, 6) is -0.0383. The number of amides is 2. The average molecular weight is 319 g/mol. The number of anilines is 1. The normalized spacial score (nSPS) is 14.4. The Labute approximate surface area is 137 Å². The summed E-state index contributed by atoms with van der Waals surface area (Å²) in [5, 5.41) is 5.57. The van der Waals surface area contributed by atoms with Gasteiger partial charge in [0.15, 0.2) is 0 Å². The van der Waals surface area contributed by atoms with E-state index < -0.39 is 0 Å². The highest BCUT2D eigenvalue weighted by molar-refractivity contribution is 5.78. The molecular formula is C17H25N3O3. The van der Waals surface area contributed by atoms with Crippen molar-refractivity contribution in [2.24, 2.45) is 0 Å². The van der Waals surface area contributed by atoms with E-state index in [0.717, 1.165) is 38.3 Å². The van der Waals surface area contributed by atoms with Crippen molar-refractivity contribution in [2.45, 2.75) is 19.8 Å². The largest absolute Gasteiger partial charge is 0.378 e. The van der Waals surface area contributed by atoms with Crippen LogP contribution in [0.25, 0.3) is 0 Å². The Morgan fingerprint density at radius 1 is 1.09 bits per heavy atom. The topological polar surface area (TPSA) is 70.7 Å². The van der Waals surface area contributed by atoms with Gasteiger partial charge in [-0.3, -0.25) is 9.59 Å². The van der Waals surface area contributed by atoms with E-state index >= 15 is 0 Å². The van der Waals surface area contributed by atoms with Crippen molar-refractivity contribution in [1.82, 2.24) is 10.6 Å². The number of carbonyl (C=O) groups excluding carboxylic acids is 2. The fourth-order valence-electron chi connectivity index (χ4n) is 2.47. The molecule has 1 aliphatic rings. The van der Waals surface area contributed by atoms with E-state index in [9.17, 15) is 9.59 Å². The maximum Gasteiger partial charge on any atom is 0.224 e. The van der Waals surface area contributed by atoms with Crippen LogP contribution in [0.1, 0.15) is 18.9 Å². The van der Waals surface area contributed by atoms with Crippen molar-refractivity contribution >= 4 is 17.5 Å². The smallest absolute Gasteiger partial charge is 0.224 e. The zero-order chi connectivity index (χ0) is 16.5. The summed E-state index contributed by atoms with van der Waals surface area (Å²) in [6.07, 6.45) is 1.12. The van der Waals surface area contributed by atoms with Gasteiger partial charge >= 0.3 is 0 Å². The molecule has 0 bridgehead atoms. The minimum atomic E-state index is -0.0447. The Bertz CT molecular complexity index is 510. The number of hydrogen-bond donors (Lipinski definition) is 2. The highest BCUT2D eigenvalue weighted by Crippen LogP contribution is 2.16. The maximum absolute atomic E-state index is 11.9. The molecule has 0 spiro atoms. The third kappa shape index (κ3) is 6.28. The standard InChI is InChI=1S/C17H25N3O3/c1-14(21)18-7-2-8-19-17(22)13-15-3-5-16(6-4-15)20-9-11-23-12-10-20/h3-6H,2,7-13H2,1H3,(H,18,21)(H,19,22). The molecule has 1 fully saturated rings. The maximum atomic E-state index is 11.9. The molecule has 6 nitrogen and oxygen atoms in total. The molecule has 126 valence electrons. The van der Waals surface area contributed by atoms with Crippen LogP contribution in [0.5, 0.6) is 0 Å². The van der Waals surface area contributed by atoms with E-state index in [1.165, 1.54) is 12.6 Å². The molecule has 1 aromatic rings. The molecule has 1 heterocycles. The summed E-state index contributed by atoms with van der Waals surface area (Å²) in [5.41, 5.74) is 2.18. The minimum Gasteiger partial charge on any atom is -0.378 e. The van der Waals surface area contributed by atoms with E-state index in [1.54, 1.807) is 0 Å². The van der Waals surface area contributed by atoms with Crippen LogP contribution in [-0.4, -0.2) is 51.2 Å². The van der Waals surface area contributed by atoms with Crippen molar-refractivity contribution in [2.75, 3.05) is 44.3 Å². The zero-order valence-corrected chi connectivity index (χ0v) is 13.6. The Hall–Kier alpha value is -2.08. The highest BCUT2D eigenvalue weighted by Gasteiger charge is 2.11. The summed E-state index contributed by atoms with van der Waals surface area (Å²) in [6, 6.07) is 8.12. The van der Waals surface area contributed by atoms with Gasteiger partial charge in [-0.15, -0.1) is 0 Å².